The minimum atomic E-state index is 0.000882. The maximum atomic E-state index is 12.8. The summed E-state index contributed by atoms with van der Waals surface area (Å²) in [6, 6.07) is 3.84. The minimum absolute atomic E-state index is 0.000882. The molecule has 6 nitrogen and oxygen atoms in total. The van der Waals surface area contributed by atoms with Gasteiger partial charge in [-0.25, -0.2) is 0 Å². The van der Waals surface area contributed by atoms with Crippen molar-refractivity contribution in [2.75, 3.05) is 13.2 Å². The highest BCUT2D eigenvalue weighted by Crippen LogP contribution is 2.30. The van der Waals surface area contributed by atoms with Crippen LogP contribution in [-0.4, -0.2) is 33.7 Å². The molecule has 1 amide bonds. The van der Waals surface area contributed by atoms with Crippen LogP contribution in [0.25, 0.3) is 0 Å². The first-order valence-corrected chi connectivity index (χ1v) is 8.54. The fraction of sp³-hybridized carbons (Fsp3) is 0.556. The number of hydrogen-bond donors (Lipinski definition) is 0. The van der Waals surface area contributed by atoms with Crippen molar-refractivity contribution in [2.45, 2.75) is 45.6 Å². The van der Waals surface area contributed by atoms with Crippen molar-refractivity contribution in [3.8, 4) is 5.75 Å². The molecule has 0 bridgehead atoms. The molecule has 1 saturated heterocycles. The third-order valence-corrected chi connectivity index (χ3v) is 4.73. The normalized spacial score (nSPS) is 18.5. The molecule has 2 aromatic heterocycles. The van der Waals surface area contributed by atoms with Crippen molar-refractivity contribution in [1.29, 1.82) is 0 Å². The number of nitrogens with zero attached hydrogens (tertiary/aromatic N) is 3. The lowest BCUT2D eigenvalue weighted by atomic mass is 10.1. The van der Waals surface area contributed by atoms with Crippen LogP contribution in [0.5, 0.6) is 5.75 Å². The molecule has 1 aliphatic rings. The van der Waals surface area contributed by atoms with Crippen LogP contribution in [0.1, 0.15) is 48.9 Å². The quantitative estimate of drug-likeness (QED) is 0.863. The van der Waals surface area contributed by atoms with Crippen molar-refractivity contribution in [3.05, 3.63) is 35.5 Å². The number of rotatable bonds is 4. The largest absolute Gasteiger partial charge is 0.480 e. The first-order valence-electron chi connectivity index (χ1n) is 8.54. The molecule has 0 aromatic carbocycles. The number of hydrogen-bond acceptors (Lipinski definition) is 4. The lowest BCUT2D eigenvalue weighted by Gasteiger charge is -2.28. The summed E-state index contributed by atoms with van der Waals surface area (Å²) in [5, 5.41) is 4.32. The number of carbonyl (C=O) groups is 1. The first kappa shape index (κ1) is 16.6. The number of likely N-dealkylation sites (tertiary alicyclic amines) is 1. The predicted octanol–water partition coefficient (Wildman–Crippen LogP) is 3.15. The van der Waals surface area contributed by atoms with Gasteiger partial charge in [0, 0.05) is 13.6 Å². The Balaban J connectivity index is 1.72. The van der Waals surface area contributed by atoms with Crippen LogP contribution >= 0.6 is 0 Å². The van der Waals surface area contributed by atoms with Gasteiger partial charge in [0.2, 0.25) is 0 Å². The Morgan fingerprint density at radius 1 is 1.38 bits per heavy atom. The Kier molecular flexibility index (Phi) is 4.92. The summed E-state index contributed by atoms with van der Waals surface area (Å²) in [5.41, 5.74) is 1.74. The second-order valence-corrected chi connectivity index (χ2v) is 6.38. The maximum Gasteiger partial charge on any atom is 0.261 e. The second kappa shape index (κ2) is 7.11. The van der Waals surface area contributed by atoms with E-state index in [1.165, 1.54) is 0 Å². The smallest absolute Gasteiger partial charge is 0.261 e. The molecule has 0 radical (unpaired) electrons. The summed E-state index contributed by atoms with van der Waals surface area (Å²) in [6.07, 6.45) is 5.87. The molecule has 1 fully saturated rings. The first-order chi connectivity index (χ1) is 11.6. The highest BCUT2D eigenvalue weighted by atomic mass is 16.5. The van der Waals surface area contributed by atoms with Crippen molar-refractivity contribution in [1.82, 2.24) is 14.7 Å². The van der Waals surface area contributed by atoms with Gasteiger partial charge in [-0.2, -0.15) is 5.10 Å². The standard InChI is InChI=1S/C18H25N3O3/c1-13-18(14(2)20(3)19-13)24-12-17(22)21-10-6-4-5-8-15(21)16-9-7-11-23-16/h7,9,11,15H,4-6,8,10,12H2,1-3H3. The van der Waals surface area contributed by atoms with Crippen molar-refractivity contribution in [2.24, 2.45) is 7.05 Å². The van der Waals surface area contributed by atoms with Gasteiger partial charge in [-0.15, -0.1) is 0 Å². The Labute approximate surface area is 142 Å². The summed E-state index contributed by atoms with van der Waals surface area (Å²) < 4.78 is 13.1. The Bertz CT molecular complexity index is 691. The zero-order valence-electron chi connectivity index (χ0n) is 14.6. The van der Waals surface area contributed by atoms with Gasteiger partial charge in [0.05, 0.1) is 18.0 Å². The van der Waals surface area contributed by atoms with Crippen molar-refractivity contribution >= 4 is 5.91 Å². The Morgan fingerprint density at radius 3 is 2.88 bits per heavy atom. The maximum absolute atomic E-state index is 12.8. The number of carbonyl (C=O) groups excluding carboxylic acids is 1. The SMILES string of the molecule is Cc1nn(C)c(C)c1OCC(=O)N1CCCCCC1c1ccco1. The van der Waals surface area contributed by atoms with E-state index in [9.17, 15) is 4.79 Å². The summed E-state index contributed by atoms with van der Waals surface area (Å²) >= 11 is 0. The number of aromatic nitrogens is 2. The monoisotopic (exact) mass is 331 g/mol. The van der Waals surface area contributed by atoms with Gasteiger partial charge in [0.25, 0.3) is 5.91 Å². The summed E-state index contributed by atoms with van der Waals surface area (Å²) in [5.74, 6) is 1.56. The average Bonchev–Trinajstić information content (AvgIpc) is 3.08. The number of aryl methyl sites for hydroxylation is 2. The lowest BCUT2D eigenvalue weighted by Crippen LogP contribution is -2.38. The van der Waals surface area contributed by atoms with Crippen LogP contribution in [-0.2, 0) is 11.8 Å². The molecule has 6 heteroatoms. The van der Waals surface area contributed by atoms with E-state index in [-0.39, 0.29) is 18.6 Å². The zero-order chi connectivity index (χ0) is 17.1. The van der Waals surface area contributed by atoms with Crippen LogP contribution in [0.15, 0.2) is 22.8 Å². The molecule has 0 saturated carbocycles. The van der Waals surface area contributed by atoms with Crippen LogP contribution < -0.4 is 4.74 Å². The van der Waals surface area contributed by atoms with E-state index in [1.54, 1.807) is 10.9 Å². The molecular weight excluding hydrogens is 306 g/mol. The number of amides is 1. The molecule has 1 unspecified atom stereocenters. The van der Waals surface area contributed by atoms with Gasteiger partial charge < -0.3 is 14.1 Å². The molecule has 0 N–H and O–H groups in total. The van der Waals surface area contributed by atoms with Gasteiger partial charge >= 0.3 is 0 Å². The average molecular weight is 331 g/mol. The van der Waals surface area contributed by atoms with Gasteiger partial charge in [-0.05, 0) is 38.8 Å². The summed E-state index contributed by atoms with van der Waals surface area (Å²) in [7, 11) is 1.87. The van der Waals surface area contributed by atoms with Crippen LogP contribution in [0.2, 0.25) is 0 Å². The molecule has 0 aliphatic carbocycles. The summed E-state index contributed by atoms with van der Waals surface area (Å²) in [4.78, 5) is 14.7. The topological polar surface area (TPSA) is 60.5 Å². The molecule has 130 valence electrons. The fourth-order valence-corrected chi connectivity index (χ4v) is 3.36. The highest BCUT2D eigenvalue weighted by Gasteiger charge is 2.29. The molecule has 3 rings (SSSR count). The Morgan fingerprint density at radius 2 is 2.21 bits per heavy atom. The molecule has 24 heavy (non-hydrogen) atoms. The van der Waals surface area contributed by atoms with Gasteiger partial charge in [0.1, 0.15) is 11.5 Å². The molecule has 1 atom stereocenters. The van der Waals surface area contributed by atoms with Crippen LogP contribution in [0.4, 0.5) is 0 Å². The van der Waals surface area contributed by atoms with E-state index in [0.29, 0.717) is 5.75 Å². The van der Waals surface area contributed by atoms with E-state index >= 15 is 0 Å². The van der Waals surface area contributed by atoms with E-state index in [1.807, 2.05) is 37.9 Å². The zero-order valence-corrected chi connectivity index (χ0v) is 14.6. The van der Waals surface area contributed by atoms with E-state index < -0.39 is 0 Å². The van der Waals surface area contributed by atoms with Gasteiger partial charge in [-0.1, -0.05) is 12.8 Å². The lowest BCUT2D eigenvalue weighted by molar-refractivity contribution is -0.136. The number of furan rings is 1. The molecular formula is C18H25N3O3. The highest BCUT2D eigenvalue weighted by molar-refractivity contribution is 5.78. The van der Waals surface area contributed by atoms with E-state index in [4.69, 9.17) is 9.15 Å². The van der Waals surface area contributed by atoms with Gasteiger partial charge in [-0.3, -0.25) is 9.48 Å². The molecule has 0 spiro atoms. The van der Waals surface area contributed by atoms with Crippen molar-refractivity contribution < 1.29 is 13.9 Å². The third kappa shape index (κ3) is 3.32. The number of ether oxygens (including phenoxy) is 1. The molecule has 3 heterocycles. The predicted molar refractivity (Wildman–Crippen MR) is 89.8 cm³/mol. The summed E-state index contributed by atoms with van der Waals surface area (Å²) in [6.45, 7) is 4.62. The van der Waals surface area contributed by atoms with Crippen LogP contribution in [0.3, 0.4) is 0 Å². The van der Waals surface area contributed by atoms with Crippen molar-refractivity contribution in [3.63, 3.8) is 0 Å². The van der Waals surface area contributed by atoms with E-state index in [0.717, 1.165) is 49.4 Å². The molecule has 1 aliphatic heterocycles. The van der Waals surface area contributed by atoms with Crippen LogP contribution in [0, 0.1) is 13.8 Å². The second-order valence-electron chi connectivity index (χ2n) is 6.38. The minimum Gasteiger partial charge on any atom is -0.480 e. The third-order valence-electron chi connectivity index (χ3n) is 4.73. The molecule has 2 aromatic rings. The van der Waals surface area contributed by atoms with Gasteiger partial charge in [0.15, 0.2) is 12.4 Å². The van der Waals surface area contributed by atoms with E-state index in [2.05, 4.69) is 5.10 Å². The Hall–Kier alpha value is -2.24. The fourth-order valence-electron chi connectivity index (χ4n) is 3.36.